The second-order valence-corrected chi connectivity index (χ2v) is 6.07. The summed E-state index contributed by atoms with van der Waals surface area (Å²) >= 11 is 0. The molecule has 4 nitrogen and oxygen atoms in total. The summed E-state index contributed by atoms with van der Waals surface area (Å²) in [5, 5.41) is 8.75. The molecule has 1 fully saturated rings. The first-order valence-electron chi connectivity index (χ1n) is 5.34. The Morgan fingerprint density at radius 3 is 2.38 bits per heavy atom. The van der Waals surface area contributed by atoms with Gasteiger partial charge in [0, 0.05) is 18.8 Å². The molecule has 1 N–H and O–H groups in total. The van der Waals surface area contributed by atoms with Crippen LogP contribution in [0.2, 0.25) is 0 Å². The van der Waals surface area contributed by atoms with Crippen molar-refractivity contribution in [3.8, 4) is 0 Å². The van der Waals surface area contributed by atoms with E-state index in [0.717, 1.165) is 24.7 Å². The summed E-state index contributed by atoms with van der Waals surface area (Å²) in [5.74, 6) is 0.394. The monoisotopic (exact) mass is 245 g/mol. The summed E-state index contributed by atoms with van der Waals surface area (Å²) in [6.45, 7) is 7.92. The highest BCUT2D eigenvalue weighted by atomic mass is 32.2. The molecule has 0 unspecified atom stereocenters. The van der Waals surface area contributed by atoms with E-state index in [2.05, 4.69) is 13.2 Å². The Morgan fingerprint density at radius 1 is 1.44 bits per heavy atom. The molecule has 0 spiro atoms. The van der Waals surface area contributed by atoms with Gasteiger partial charge in [-0.25, -0.2) is 8.42 Å². The van der Waals surface area contributed by atoms with E-state index in [0.29, 0.717) is 18.0 Å². The normalized spacial score (nSPS) is 15.9. The van der Waals surface area contributed by atoms with Gasteiger partial charge >= 0.3 is 0 Å². The van der Waals surface area contributed by atoms with E-state index in [4.69, 9.17) is 5.11 Å². The molecule has 0 amide bonds. The first kappa shape index (κ1) is 13.3. The Morgan fingerprint density at radius 2 is 2.00 bits per heavy atom. The molecule has 0 radical (unpaired) electrons. The van der Waals surface area contributed by atoms with Crippen molar-refractivity contribution in [3.63, 3.8) is 0 Å². The second-order valence-electron chi connectivity index (χ2n) is 4.16. The third-order valence-electron chi connectivity index (χ3n) is 2.66. The molecule has 16 heavy (non-hydrogen) atoms. The fourth-order valence-electron chi connectivity index (χ4n) is 1.54. The van der Waals surface area contributed by atoms with Crippen LogP contribution in [0, 0.1) is 5.92 Å². The molecule has 5 heteroatoms. The molecule has 1 aliphatic rings. The maximum Gasteiger partial charge on any atom is 0.232 e. The SMILES string of the molecule is C=C(C(=C)N(CCCO)S(C)(=O)=O)C1CC1. The van der Waals surface area contributed by atoms with Gasteiger partial charge in [-0.3, -0.25) is 4.31 Å². The number of nitrogens with zero attached hydrogens (tertiary/aromatic N) is 1. The van der Waals surface area contributed by atoms with Crippen LogP contribution >= 0.6 is 0 Å². The van der Waals surface area contributed by atoms with Crippen LogP contribution in [0.3, 0.4) is 0 Å². The zero-order valence-electron chi connectivity index (χ0n) is 9.65. The van der Waals surface area contributed by atoms with Crippen LogP contribution in [-0.4, -0.2) is 37.2 Å². The van der Waals surface area contributed by atoms with Crippen LogP contribution in [0.25, 0.3) is 0 Å². The van der Waals surface area contributed by atoms with Gasteiger partial charge in [0.25, 0.3) is 0 Å². The lowest BCUT2D eigenvalue weighted by molar-refractivity contribution is 0.277. The van der Waals surface area contributed by atoms with Crippen molar-refractivity contribution >= 4 is 10.0 Å². The largest absolute Gasteiger partial charge is 0.396 e. The minimum atomic E-state index is -3.33. The predicted octanol–water partition coefficient (Wildman–Crippen LogP) is 1.11. The van der Waals surface area contributed by atoms with E-state index in [1.807, 2.05) is 0 Å². The first-order chi connectivity index (χ1) is 7.38. The highest BCUT2D eigenvalue weighted by Gasteiger charge is 2.30. The first-order valence-corrected chi connectivity index (χ1v) is 7.19. The minimum absolute atomic E-state index is 0.0325. The van der Waals surface area contributed by atoms with Gasteiger partial charge in [-0.05, 0) is 30.8 Å². The van der Waals surface area contributed by atoms with Crippen molar-refractivity contribution in [1.82, 2.24) is 4.31 Å². The van der Waals surface area contributed by atoms with Crippen LogP contribution in [0.4, 0.5) is 0 Å². The smallest absolute Gasteiger partial charge is 0.232 e. The second kappa shape index (κ2) is 5.01. The molecule has 0 heterocycles. The van der Waals surface area contributed by atoms with Gasteiger partial charge in [-0.2, -0.15) is 0 Å². The lowest BCUT2D eigenvalue weighted by Crippen LogP contribution is -2.31. The van der Waals surface area contributed by atoms with Crippen molar-refractivity contribution in [2.45, 2.75) is 19.3 Å². The standard InChI is InChI=1S/C11H19NO3S/c1-9(11-5-6-11)10(2)12(7-4-8-13)16(3,14)15/h11,13H,1-2,4-8H2,3H3. The van der Waals surface area contributed by atoms with Crippen LogP contribution in [0.1, 0.15) is 19.3 Å². The van der Waals surface area contributed by atoms with Crippen LogP contribution in [0.15, 0.2) is 24.4 Å². The molecule has 0 aromatic rings. The molecule has 0 atom stereocenters. The topological polar surface area (TPSA) is 57.6 Å². The van der Waals surface area contributed by atoms with E-state index in [1.165, 1.54) is 4.31 Å². The number of sulfonamides is 1. The lowest BCUT2D eigenvalue weighted by Gasteiger charge is -2.25. The van der Waals surface area contributed by atoms with Crippen molar-refractivity contribution in [2.75, 3.05) is 19.4 Å². The summed E-state index contributed by atoms with van der Waals surface area (Å²) in [4.78, 5) is 0. The van der Waals surface area contributed by atoms with E-state index in [-0.39, 0.29) is 13.2 Å². The van der Waals surface area contributed by atoms with E-state index < -0.39 is 10.0 Å². The van der Waals surface area contributed by atoms with Gasteiger partial charge in [0.05, 0.1) is 6.26 Å². The Kier molecular flexibility index (Phi) is 4.15. The molecule has 0 bridgehead atoms. The van der Waals surface area contributed by atoms with Gasteiger partial charge in [-0.1, -0.05) is 13.2 Å². The molecule has 1 rings (SSSR count). The van der Waals surface area contributed by atoms with E-state index in [1.54, 1.807) is 0 Å². The van der Waals surface area contributed by atoms with Gasteiger partial charge in [-0.15, -0.1) is 0 Å². The number of aliphatic hydroxyl groups is 1. The highest BCUT2D eigenvalue weighted by Crippen LogP contribution is 2.39. The number of hydrogen-bond donors (Lipinski definition) is 1. The van der Waals surface area contributed by atoms with Crippen molar-refractivity contribution in [1.29, 1.82) is 0 Å². The highest BCUT2D eigenvalue weighted by molar-refractivity contribution is 7.88. The lowest BCUT2D eigenvalue weighted by atomic mass is 10.1. The number of hydrogen-bond acceptors (Lipinski definition) is 3. The number of allylic oxidation sites excluding steroid dienone is 1. The molecule has 92 valence electrons. The summed E-state index contributed by atoms with van der Waals surface area (Å²) in [5.41, 5.74) is 1.28. The van der Waals surface area contributed by atoms with Crippen LogP contribution < -0.4 is 0 Å². The van der Waals surface area contributed by atoms with E-state index in [9.17, 15) is 8.42 Å². The third-order valence-corrected chi connectivity index (χ3v) is 3.87. The van der Waals surface area contributed by atoms with Crippen LogP contribution in [0.5, 0.6) is 0 Å². The predicted molar refractivity (Wildman–Crippen MR) is 64.3 cm³/mol. The average molecular weight is 245 g/mol. The Balaban J connectivity index is 2.75. The Bertz CT molecular complexity index is 382. The summed E-state index contributed by atoms with van der Waals surface area (Å²) in [7, 11) is -3.33. The van der Waals surface area contributed by atoms with Crippen molar-refractivity contribution in [3.05, 3.63) is 24.4 Å². The maximum atomic E-state index is 11.6. The maximum absolute atomic E-state index is 11.6. The van der Waals surface area contributed by atoms with Crippen LogP contribution in [-0.2, 0) is 10.0 Å². The Labute approximate surface area is 97.3 Å². The quantitative estimate of drug-likeness (QED) is 0.684. The summed E-state index contributed by atoms with van der Waals surface area (Å²) in [6, 6.07) is 0. The molecule has 0 saturated heterocycles. The molecular formula is C11H19NO3S. The van der Waals surface area contributed by atoms with Crippen molar-refractivity contribution < 1.29 is 13.5 Å². The fraction of sp³-hybridized carbons (Fsp3) is 0.636. The molecule has 1 saturated carbocycles. The van der Waals surface area contributed by atoms with E-state index >= 15 is 0 Å². The summed E-state index contributed by atoms with van der Waals surface area (Å²) in [6.07, 6.45) is 3.69. The zero-order chi connectivity index (χ0) is 12.3. The van der Waals surface area contributed by atoms with Gasteiger partial charge < -0.3 is 5.11 Å². The number of rotatable bonds is 7. The fourth-order valence-corrected chi connectivity index (χ4v) is 2.52. The summed E-state index contributed by atoms with van der Waals surface area (Å²) < 4.78 is 24.4. The minimum Gasteiger partial charge on any atom is -0.396 e. The molecule has 1 aliphatic carbocycles. The molecular weight excluding hydrogens is 226 g/mol. The molecule has 0 aliphatic heterocycles. The zero-order valence-corrected chi connectivity index (χ0v) is 10.5. The Hall–Kier alpha value is -0.810. The molecule has 0 aromatic heterocycles. The van der Waals surface area contributed by atoms with Gasteiger partial charge in [0.2, 0.25) is 10.0 Å². The van der Waals surface area contributed by atoms with Gasteiger partial charge in [0.15, 0.2) is 0 Å². The number of aliphatic hydroxyl groups excluding tert-OH is 1. The third kappa shape index (κ3) is 3.35. The van der Waals surface area contributed by atoms with Crippen molar-refractivity contribution in [2.24, 2.45) is 5.92 Å². The average Bonchev–Trinajstić information content (AvgIpc) is 2.98. The molecule has 0 aromatic carbocycles. The van der Waals surface area contributed by atoms with Gasteiger partial charge in [0.1, 0.15) is 0 Å².